The maximum atomic E-state index is 12.2. The average Bonchev–Trinajstić information content (AvgIpc) is 3.07. The van der Waals surface area contributed by atoms with Crippen LogP contribution < -0.4 is 16.0 Å². The Morgan fingerprint density at radius 3 is 2.44 bits per heavy atom. The van der Waals surface area contributed by atoms with Gasteiger partial charge in [-0.1, -0.05) is 6.92 Å². The summed E-state index contributed by atoms with van der Waals surface area (Å²) in [6.45, 7) is 3.34. The first-order valence-electron chi connectivity index (χ1n) is 7.90. The van der Waals surface area contributed by atoms with Crippen LogP contribution in [0.25, 0.3) is 0 Å². The third-order valence-corrected chi connectivity index (χ3v) is 3.69. The van der Waals surface area contributed by atoms with E-state index < -0.39 is 6.04 Å². The van der Waals surface area contributed by atoms with Gasteiger partial charge in [0.25, 0.3) is 5.91 Å². The summed E-state index contributed by atoms with van der Waals surface area (Å²) in [4.78, 5) is 39.4. The molecule has 9 heteroatoms. The molecular weight excluding hydrogens is 324 g/mol. The molecule has 9 nitrogen and oxygen atoms in total. The second kappa shape index (κ2) is 6.71. The average molecular weight is 342 g/mol. The highest BCUT2D eigenvalue weighted by Gasteiger charge is 2.34. The number of hydrogen-bond donors (Lipinski definition) is 3. The molecule has 0 radical (unpaired) electrons. The number of amides is 3. The van der Waals surface area contributed by atoms with Crippen molar-refractivity contribution >= 4 is 35.0 Å². The smallest absolute Gasteiger partial charge is 0.252 e. The highest BCUT2D eigenvalue weighted by Crippen LogP contribution is 2.25. The van der Waals surface area contributed by atoms with Gasteiger partial charge in [-0.25, -0.2) is 4.68 Å². The number of anilines is 3. The minimum atomic E-state index is -0.707. The standard InChI is InChI=1S/C16H18N6O3/c1-3-13-19-16-20-15(25)12(22(16)21-13)8-14(24)18-11-6-4-10(5-7-11)17-9(2)23/h4-7,12H,3,8H2,1-2H3,(H,17,23)(H,18,24)(H,19,20,21,25). The monoisotopic (exact) mass is 342 g/mol. The van der Waals surface area contributed by atoms with Crippen molar-refractivity contribution in [2.24, 2.45) is 0 Å². The zero-order valence-electron chi connectivity index (χ0n) is 13.9. The van der Waals surface area contributed by atoms with Crippen molar-refractivity contribution in [2.45, 2.75) is 32.7 Å². The van der Waals surface area contributed by atoms with E-state index in [2.05, 4.69) is 26.0 Å². The van der Waals surface area contributed by atoms with Gasteiger partial charge in [-0.05, 0) is 24.3 Å². The highest BCUT2D eigenvalue weighted by molar-refractivity contribution is 6.01. The van der Waals surface area contributed by atoms with E-state index in [9.17, 15) is 14.4 Å². The number of fused-ring (bicyclic) bond motifs is 1. The molecule has 1 aromatic carbocycles. The molecule has 2 heterocycles. The van der Waals surface area contributed by atoms with Gasteiger partial charge in [0, 0.05) is 24.7 Å². The van der Waals surface area contributed by atoms with Crippen LogP contribution in [0.5, 0.6) is 0 Å². The molecule has 1 aliphatic rings. The molecule has 1 aliphatic heterocycles. The number of rotatable bonds is 5. The molecule has 0 aliphatic carbocycles. The first-order valence-corrected chi connectivity index (χ1v) is 7.90. The number of nitrogens with zero attached hydrogens (tertiary/aromatic N) is 3. The van der Waals surface area contributed by atoms with E-state index in [-0.39, 0.29) is 24.1 Å². The summed E-state index contributed by atoms with van der Waals surface area (Å²) in [6.07, 6.45) is 0.605. The molecule has 3 amide bonds. The van der Waals surface area contributed by atoms with Crippen molar-refractivity contribution in [3.63, 3.8) is 0 Å². The van der Waals surface area contributed by atoms with Crippen LogP contribution in [0.15, 0.2) is 24.3 Å². The number of hydrogen-bond acceptors (Lipinski definition) is 5. The van der Waals surface area contributed by atoms with Gasteiger partial charge in [-0.2, -0.15) is 10.1 Å². The van der Waals surface area contributed by atoms with E-state index >= 15 is 0 Å². The minimum Gasteiger partial charge on any atom is -0.326 e. The number of benzene rings is 1. The van der Waals surface area contributed by atoms with E-state index in [0.717, 1.165) is 0 Å². The Kier molecular flexibility index (Phi) is 4.46. The van der Waals surface area contributed by atoms with Crippen molar-refractivity contribution in [1.82, 2.24) is 14.8 Å². The normalized spacial score (nSPS) is 15.4. The summed E-state index contributed by atoms with van der Waals surface area (Å²) in [5.74, 6) is 0.218. The fourth-order valence-electron chi connectivity index (χ4n) is 2.53. The Morgan fingerprint density at radius 1 is 1.20 bits per heavy atom. The molecular formula is C16H18N6O3. The van der Waals surface area contributed by atoms with Crippen LogP contribution in [0.2, 0.25) is 0 Å². The maximum absolute atomic E-state index is 12.2. The van der Waals surface area contributed by atoms with Crippen molar-refractivity contribution in [2.75, 3.05) is 16.0 Å². The topological polar surface area (TPSA) is 118 Å². The number of carbonyl (C=O) groups excluding carboxylic acids is 3. The number of nitrogens with one attached hydrogen (secondary N) is 3. The molecule has 2 aromatic rings. The summed E-state index contributed by atoms with van der Waals surface area (Å²) in [5, 5.41) is 12.2. The van der Waals surface area contributed by atoms with Crippen LogP contribution in [-0.4, -0.2) is 32.5 Å². The van der Waals surface area contributed by atoms with Crippen molar-refractivity contribution in [3.8, 4) is 0 Å². The Morgan fingerprint density at radius 2 is 1.84 bits per heavy atom. The van der Waals surface area contributed by atoms with E-state index in [0.29, 0.717) is 29.6 Å². The Bertz CT molecular complexity index is 827. The van der Waals surface area contributed by atoms with Crippen molar-refractivity contribution in [1.29, 1.82) is 0 Å². The van der Waals surface area contributed by atoms with E-state index in [1.165, 1.54) is 11.6 Å². The van der Waals surface area contributed by atoms with Crippen LogP contribution in [0.4, 0.5) is 17.3 Å². The summed E-state index contributed by atoms with van der Waals surface area (Å²) in [5.41, 5.74) is 1.21. The molecule has 0 saturated carbocycles. The predicted octanol–water partition coefficient (Wildman–Crippen LogP) is 1.32. The lowest BCUT2D eigenvalue weighted by molar-refractivity contribution is -0.123. The van der Waals surface area contributed by atoms with E-state index in [1.54, 1.807) is 24.3 Å². The van der Waals surface area contributed by atoms with Gasteiger partial charge in [-0.15, -0.1) is 0 Å². The molecule has 130 valence electrons. The van der Waals surface area contributed by atoms with Crippen molar-refractivity contribution in [3.05, 3.63) is 30.1 Å². The van der Waals surface area contributed by atoms with Crippen LogP contribution in [0, 0.1) is 0 Å². The molecule has 0 fully saturated rings. The molecule has 0 saturated heterocycles. The van der Waals surface area contributed by atoms with Gasteiger partial charge in [0.2, 0.25) is 17.8 Å². The van der Waals surface area contributed by atoms with Gasteiger partial charge in [0.05, 0.1) is 6.42 Å². The minimum absolute atomic E-state index is 0.0429. The quantitative estimate of drug-likeness (QED) is 0.757. The third kappa shape index (κ3) is 3.65. The largest absolute Gasteiger partial charge is 0.326 e. The molecule has 0 spiro atoms. The summed E-state index contributed by atoms with van der Waals surface area (Å²) < 4.78 is 1.46. The number of carbonyl (C=O) groups is 3. The molecule has 3 N–H and O–H groups in total. The fraction of sp³-hybridized carbons (Fsp3) is 0.312. The van der Waals surface area contributed by atoms with Gasteiger partial charge in [0.1, 0.15) is 6.04 Å². The zero-order valence-corrected chi connectivity index (χ0v) is 13.9. The summed E-state index contributed by atoms with van der Waals surface area (Å²) in [7, 11) is 0. The first kappa shape index (κ1) is 16.6. The summed E-state index contributed by atoms with van der Waals surface area (Å²) >= 11 is 0. The van der Waals surface area contributed by atoms with Crippen LogP contribution in [0.3, 0.4) is 0 Å². The Labute approximate surface area is 143 Å². The Hall–Kier alpha value is -3.23. The lowest BCUT2D eigenvalue weighted by atomic mass is 10.2. The molecule has 0 bridgehead atoms. The number of aromatic nitrogens is 3. The van der Waals surface area contributed by atoms with E-state index in [4.69, 9.17) is 0 Å². The van der Waals surface area contributed by atoms with Crippen LogP contribution >= 0.6 is 0 Å². The second-order valence-electron chi connectivity index (χ2n) is 5.67. The van der Waals surface area contributed by atoms with Gasteiger partial charge in [0.15, 0.2) is 5.82 Å². The molecule has 1 unspecified atom stereocenters. The van der Waals surface area contributed by atoms with Gasteiger partial charge in [-0.3, -0.25) is 19.7 Å². The predicted molar refractivity (Wildman–Crippen MR) is 91.1 cm³/mol. The fourth-order valence-corrected chi connectivity index (χ4v) is 2.53. The van der Waals surface area contributed by atoms with Gasteiger partial charge < -0.3 is 10.6 Å². The SMILES string of the molecule is CCc1nc2n(n1)C(CC(=O)Nc1ccc(NC(C)=O)cc1)C(=O)N2. The van der Waals surface area contributed by atoms with Crippen LogP contribution in [-0.2, 0) is 20.8 Å². The highest BCUT2D eigenvalue weighted by atomic mass is 16.2. The molecule has 3 rings (SSSR count). The first-order chi connectivity index (χ1) is 12.0. The molecule has 1 aromatic heterocycles. The van der Waals surface area contributed by atoms with Gasteiger partial charge >= 0.3 is 0 Å². The molecule has 1 atom stereocenters. The maximum Gasteiger partial charge on any atom is 0.252 e. The Balaban J connectivity index is 1.64. The lowest BCUT2D eigenvalue weighted by Gasteiger charge is -2.10. The second-order valence-corrected chi connectivity index (χ2v) is 5.67. The number of aryl methyl sites for hydroxylation is 1. The summed E-state index contributed by atoms with van der Waals surface area (Å²) in [6, 6.07) is 6.01. The van der Waals surface area contributed by atoms with Crippen molar-refractivity contribution < 1.29 is 14.4 Å². The van der Waals surface area contributed by atoms with Crippen LogP contribution in [0.1, 0.15) is 32.1 Å². The third-order valence-electron chi connectivity index (χ3n) is 3.69. The zero-order chi connectivity index (χ0) is 18.0. The van der Waals surface area contributed by atoms with E-state index in [1.807, 2.05) is 6.92 Å². The lowest BCUT2D eigenvalue weighted by Crippen LogP contribution is -2.24. The molecule has 25 heavy (non-hydrogen) atoms.